The van der Waals surface area contributed by atoms with E-state index in [2.05, 4.69) is 4.98 Å². The Labute approximate surface area is 93.6 Å². The standard InChI is InChI=1S/C12H14FNO2/c1-2-16-12(15)10-5-9(10)11-4-3-8(6-13)7-14-11/h3-4,7,9-10H,2,5-6H2,1H3/t9-,10-/m1/s1. The molecule has 1 heterocycles. The molecule has 86 valence electrons. The summed E-state index contributed by atoms with van der Waals surface area (Å²) in [7, 11) is 0. The Bertz CT molecular complexity index is 377. The highest BCUT2D eigenvalue weighted by Crippen LogP contribution is 2.47. The number of carbonyl (C=O) groups excluding carboxylic acids is 1. The zero-order valence-electron chi connectivity index (χ0n) is 9.15. The van der Waals surface area contributed by atoms with E-state index in [1.54, 1.807) is 19.1 Å². The molecular formula is C12H14FNO2. The average molecular weight is 223 g/mol. The van der Waals surface area contributed by atoms with Crippen molar-refractivity contribution >= 4 is 5.97 Å². The van der Waals surface area contributed by atoms with Crippen molar-refractivity contribution in [1.29, 1.82) is 0 Å². The zero-order chi connectivity index (χ0) is 11.5. The van der Waals surface area contributed by atoms with Gasteiger partial charge in [0.1, 0.15) is 6.67 Å². The van der Waals surface area contributed by atoms with Gasteiger partial charge in [-0.15, -0.1) is 0 Å². The largest absolute Gasteiger partial charge is 0.466 e. The third-order valence-electron chi connectivity index (χ3n) is 2.76. The van der Waals surface area contributed by atoms with Gasteiger partial charge in [0.05, 0.1) is 12.5 Å². The minimum Gasteiger partial charge on any atom is -0.466 e. The number of hydrogen-bond acceptors (Lipinski definition) is 3. The Morgan fingerprint density at radius 1 is 1.62 bits per heavy atom. The third-order valence-corrected chi connectivity index (χ3v) is 2.76. The number of rotatable bonds is 4. The number of hydrogen-bond donors (Lipinski definition) is 0. The number of pyridine rings is 1. The first-order chi connectivity index (χ1) is 7.76. The fourth-order valence-electron chi connectivity index (χ4n) is 1.77. The van der Waals surface area contributed by atoms with Gasteiger partial charge in [-0.25, -0.2) is 4.39 Å². The smallest absolute Gasteiger partial charge is 0.309 e. The van der Waals surface area contributed by atoms with Gasteiger partial charge in [0.25, 0.3) is 0 Å². The number of nitrogens with zero attached hydrogens (tertiary/aromatic N) is 1. The van der Waals surface area contributed by atoms with Crippen LogP contribution in [0.4, 0.5) is 4.39 Å². The van der Waals surface area contributed by atoms with E-state index in [0.29, 0.717) is 12.2 Å². The van der Waals surface area contributed by atoms with Crippen LogP contribution in [0.5, 0.6) is 0 Å². The molecule has 1 fully saturated rings. The van der Waals surface area contributed by atoms with E-state index < -0.39 is 6.67 Å². The molecule has 2 rings (SSSR count). The third kappa shape index (κ3) is 2.21. The van der Waals surface area contributed by atoms with Crippen molar-refractivity contribution < 1.29 is 13.9 Å². The molecule has 0 N–H and O–H groups in total. The molecule has 16 heavy (non-hydrogen) atoms. The molecule has 0 radical (unpaired) electrons. The lowest BCUT2D eigenvalue weighted by Crippen LogP contribution is -2.07. The molecular weight excluding hydrogens is 209 g/mol. The molecule has 0 spiro atoms. The van der Waals surface area contributed by atoms with Gasteiger partial charge in [0.15, 0.2) is 0 Å². The van der Waals surface area contributed by atoms with Crippen LogP contribution >= 0.6 is 0 Å². The maximum atomic E-state index is 12.3. The van der Waals surface area contributed by atoms with Crippen LogP contribution in [0.3, 0.4) is 0 Å². The van der Waals surface area contributed by atoms with Crippen LogP contribution in [0.25, 0.3) is 0 Å². The van der Waals surface area contributed by atoms with E-state index in [1.807, 2.05) is 0 Å². The van der Waals surface area contributed by atoms with Crippen molar-refractivity contribution in [3.63, 3.8) is 0 Å². The zero-order valence-corrected chi connectivity index (χ0v) is 9.15. The predicted molar refractivity (Wildman–Crippen MR) is 56.5 cm³/mol. The first kappa shape index (κ1) is 11.0. The fraction of sp³-hybridized carbons (Fsp3) is 0.500. The molecule has 1 aliphatic carbocycles. The number of esters is 1. The van der Waals surface area contributed by atoms with Crippen molar-refractivity contribution in [2.75, 3.05) is 6.61 Å². The maximum absolute atomic E-state index is 12.3. The molecule has 1 aromatic heterocycles. The normalized spacial score (nSPS) is 22.9. The average Bonchev–Trinajstić information content (AvgIpc) is 3.09. The number of carbonyl (C=O) groups is 1. The Balaban J connectivity index is 1.97. The lowest BCUT2D eigenvalue weighted by Gasteiger charge is -2.01. The van der Waals surface area contributed by atoms with Gasteiger partial charge in [-0.1, -0.05) is 6.07 Å². The number of ether oxygens (including phenoxy) is 1. The molecule has 3 nitrogen and oxygen atoms in total. The van der Waals surface area contributed by atoms with Crippen molar-refractivity contribution in [2.45, 2.75) is 25.9 Å². The van der Waals surface area contributed by atoms with Gasteiger partial charge in [0, 0.05) is 23.4 Å². The lowest BCUT2D eigenvalue weighted by molar-refractivity contribution is -0.144. The quantitative estimate of drug-likeness (QED) is 0.735. The maximum Gasteiger partial charge on any atom is 0.309 e. The molecule has 0 unspecified atom stereocenters. The second kappa shape index (κ2) is 4.60. The molecule has 1 saturated carbocycles. The second-order valence-corrected chi connectivity index (χ2v) is 3.93. The monoisotopic (exact) mass is 223 g/mol. The van der Waals surface area contributed by atoms with Gasteiger partial charge in [-0.3, -0.25) is 9.78 Å². The summed E-state index contributed by atoms with van der Waals surface area (Å²) < 4.78 is 17.2. The van der Waals surface area contributed by atoms with Gasteiger partial charge in [-0.05, 0) is 19.4 Å². The van der Waals surface area contributed by atoms with Gasteiger partial charge >= 0.3 is 5.97 Å². The van der Waals surface area contributed by atoms with E-state index >= 15 is 0 Å². The number of halogens is 1. The molecule has 0 aliphatic heterocycles. The molecule has 0 aromatic carbocycles. The van der Waals surface area contributed by atoms with Crippen molar-refractivity contribution in [3.05, 3.63) is 29.6 Å². The van der Waals surface area contributed by atoms with Crippen molar-refractivity contribution in [3.8, 4) is 0 Å². The summed E-state index contributed by atoms with van der Waals surface area (Å²) in [5.74, 6) is -0.0414. The predicted octanol–water partition coefficient (Wildman–Crippen LogP) is 2.22. The summed E-state index contributed by atoms with van der Waals surface area (Å²) in [5, 5.41) is 0. The minimum absolute atomic E-state index is 0.0522. The summed E-state index contributed by atoms with van der Waals surface area (Å²) >= 11 is 0. The van der Waals surface area contributed by atoms with E-state index in [9.17, 15) is 9.18 Å². The highest BCUT2D eigenvalue weighted by Gasteiger charge is 2.45. The topological polar surface area (TPSA) is 39.2 Å². The molecule has 0 amide bonds. The van der Waals surface area contributed by atoms with Gasteiger partial charge in [0.2, 0.25) is 0 Å². The highest BCUT2D eigenvalue weighted by molar-refractivity contribution is 5.77. The summed E-state index contributed by atoms with van der Waals surface area (Å²) in [5.41, 5.74) is 1.42. The lowest BCUT2D eigenvalue weighted by atomic mass is 10.2. The van der Waals surface area contributed by atoms with Crippen molar-refractivity contribution in [1.82, 2.24) is 4.98 Å². The van der Waals surface area contributed by atoms with E-state index in [4.69, 9.17) is 4.74 Å². The molecule has 1 aliphatic rings. The van der Waals surface area contributed by atoms with Crippen LogP contribution < -0.4 is 0 Å². The van der Waals surface area contributed by atoms with Crippen LogP contribution in [-0.4, -0.2) is 17.6 Å². The molecule has 0 bridgehead atoms. The first-order valence-corrected chi connectivity index (χ1v) is 5.43. The Morgan fingerprint density at radius 3 is 3.00 bits per heavy atom. The van der Waals surface area contributed by atoms with Crippen LogP contribution in [0, 0.1) is 5.92 Å². The van der Waals surface area contributed by atoms with Crippen LogP contribution in [0.15, 0.2) is 18.3 Å². The first-order valence-electron chi connectivity index (χ1n) is 5.43. The summed E-state index contributed by atoms with van der Waals surface area (Å²) in [4.78, 5) is 15.6. The van der Waals surface area contributed by atoms with Crippen LogP contribution in [0.2, 0.25) is 0 Å². The summed E-state index contributed by atoms with van der Waals surface area (Å²) in [6.45, 7) is 1.71. The Hall–Kier alpha value is -1.45. The summed E-state index contributed by atoms with van der Waals surface area (Å²) in [6, 6.07) is 3.50. The second-order valence-electron chi connectivity index (χ2n) is 3.93. The number of aromatic nitrogens is 1. The summed E-state index contributed by atoms with van der Waals surface area (Å²) in [6.07, 6.45) is 2.32. The fourth-order valence-corrected chi connectivity index (χ4v) is 1.77. The van der Waals surface area contributed by atoms with E-state index in [1.165, 1.54) is 6.20 Å². The molecule has 2 atom stereocenters. The molecule has 1 aromatic rings. The van der Waals surface area contributed by atoms with Crippen LogP contribution in [-0.2, 0) is 16.2 Å². The molecule has 4 heteroatoms. The van der Waals surface area contributed by atoms with E-state index in [0.717, 1.165) is 12.1 Å². The van der Waals surface area contributed by atoms with Gasteiger partial charge in [-0.2, -0.15) is 0 Å². The van der Waals surface area contributed by atoms with E-state index in [-0.39, 0.29) is 17.8 Å². The Morgan fingerprint density at radius 2 is 2.44 bits per heavy atom. The van der Waals surface area contributed by atoms with Crippen molar-refractivity contribution in [2.24, 2.45) is 5.92 Å². The SMILES string of the molecule is CCOC(=O)[C@@H]1C[C@H]1c1ccc(CF)cn1. The molecule has 0 saturated heterocycles. The van der Waals surface area contributed by atoms with Gasteiger partial charge < -0.3 is 4.74 Å². The number of alkyl halides is 1. The van der Waals surface area contributed by atoms with Crippen LogP contribution in [0.1, 0.15) is 30.5 Å². The minimum atomic E-state index is -0.501. The highest BCUT2D eigenvalue weighted by atomic mass is 19.1. The Kier molecular flexibility index (Phi) is 3.17.